The van der Waals surface area contributed by atoms with E-state index in [0.29, 0.717) is 27.7 Å². The lowest BCUT2D eigenvalue weighted by atomic mass is 10.1. The summed E-state index contributed by atoms with van der Waals surface area (Å²) >= 11 is 6.21. The van der Waals surface area contributed by atoms with Gasteiger partial charge >= 0.3 is 0 Å². The summed E-state index contributed by atoms with van der Waals surface area (Å²) in [4.78, 5) is 27.1. The number of carbonyl (C=O) groups is 1. The number of oxazole rings is 1. The number of nitro groups is 1. The SMILES string of the molecule is O=C(Nc1cc(-c2nc3ccccc3o2)ccc1Cl)c1ccc([N+](=O)[O-])cc1. The summed E-state index contributed by atoms with van der Waals surface area (Å²) in [6.07, 6.45) is 0. The van der Waals surface area contributed by atoms with Crippen LogP contribution in [0.25, 0.3) is 22.6 Å². The number of para-hydroxylation sites is 2. The first-order valence-corrected chi connectivity index (χ1v) is 8.60. The van der Waals surface area contributed by atoms with E-state index >= 15 is 0 Å². The third-order valence-electron chi connectivity index (χ3n) is 4.10. The van der Waals surface area contributed by atoms with Crippen LogP contribution in [0.15, 0.2) is 71.1 Å². The lowest BCUT2D eigenvalue weighted by Gasteiger charge is -2.08. The molecule has 1 N–H and O–H groups in total. The Kier molecular flexibility index (Phi) is 4.50. The zero-order valence-corrected chi connectivity index (χ0v) is 15.0. The molecule has 0 aliphatic heterocycles. The van der Waals surface area contributed by atoms with Crippen molar-refractivity contribution in [2.45, 2.75) is 0 Å². The smallest absolute Gasteiger partial charge is 0.269 e. The molecule has 8 heteroatoms. The van der Waals surface area contributed by atoms with Crippen molar-refractivity contribution in [3.05, 3.63) is 87.4 Å². The van der Waals surface area contributed by atoms with Crippen LogP contribution in [0, 0.1) is 10.1 Å². The quantitative estimate of drug-likeness (QED) is 0.374. The number of hydrogen-bond acceptors (Lipinski definition) is 5. The number of carbonyl (C=O) groups excluding carboxylic acids is 1. The molecule has 0 saturated heterocycles. The van der Waals surface area contributed by atoms with Gasteiger partial charge in [-0.1, -0.05) is 23.7 Å². The molecule has 0 aliphatic rings. The molecule has 7 nitrogen and oxygen atoms in total. The fourth-order valence-corrected chi connectivity index (χ4v) is 2.84. The molecule has 1 heterocycles. The summed E-state index contributed by atoms with van der Waals surface area (Å²) in [6.45, 7) is 0. The van der Waals surface area contributed by atoms with Gasteiger partial charge in [0.2, 0.25) is 5.89 Å². The third-order valence-corrected chi connectivity index (χ3v) is 4.43. The molecule has 0 bridgehead atoms. The molecule has 0 unspecified atom stereocenters. The summed E-state index contributed by atoms with van der Waals surface area (Å²) in [5.41, 5.74) is 2.60. The summed E-state index contributed by atoms with van der Waals surface area (Å²) < 4.78 is 5.74. The number of nitrogens with zero attached hydrogens (tertiary/aromatic N) is 2. The van der Waals surface area contributed by atoms with Crippen LogP contribution in [0.3, 0.4) is 0 Å². The molecule has 1 amide bonds. The number of nitrogens with one attached hydrogen (secondary N) is 1. The summed E-state index contributed by atoms with van der Waals surface area (Å²) in [5, 5.41) is 13.8. The summed E-state index contributed by atoms with van der Waals surface area (Å²) in [5.74, 6) is -0.0322. The molecule has 0 fully saturated rings. The minimum Gasteiger partial charge on any atom is -0.436 e. The van der Waals surface area contributed by atoms with Gasteiger partial charge in [0, 0.05) is 23.3 Å². The maximum absolute atomic E-state index is 12.5. The Morgan fingerprint density at radius 2 is 1.82 bits per heavy atom. The second kappa shape index (κ2) is 7.13. The second-order valence-corrected chi connectivity index (χ2v) is 6.35. The lowest BCUT2D eigenvalue weighted by molar-refractivity contribution is -0.384. The first kappa shape index (κ1) is 17.7. The van der Waals surface area contributed by atoms with E-state index in [1.807, 2.05) is 24.3 Å². The Bertz CT molecular complexity index is 1170. The molecular weight excluding hydrogens is 382 g/mol. The topological polar surface area (TPSA) is 98.3 Å². The zero-order chi connectivity index (χ0) is 19.7. The van der Waals surface area contributed by atoms with E-state index in [1.165, 1.54) is 24.3 Å². The fraction of sp³-hybridized carbons (Fsp3) is 0. The number of hydrogen-bond donors (Lipinski definition) is 1. The average molecular weight is 394 g/mol. The van der Waals surface area contributed by atoms with E-state index in [9.17, 15) is 14.9 Å². The molecule has 0 atom stereocenters. The van der Waals surface area contributed by atoms with Crippen LogP contribution >= 0.6 is 11.6 Å². The van der Waals surface area contributed by atoms with E-state index in [2.05, 4.69) is 10.3 Å². The monoisotopic (exact) mass is 393 g/mol. The number of rotatable bonds is 4. The lowest BCUT2D eigenvalue weighted by Crippen LogP contribution is -2.12. The molecule has 28 heavy (non-hydrogen) atoms. The Hall–Kier alpha value is -3.71. The van der Waals surface area contributed by atoms with Crippen LogP contribution in [0.5, 0.6) is 0 Å². The Morgan fingerprint density at radius 1 is 1.07 bits per heavy atom. The van der Waals surface area contributed by atoms with E-state index in [0.717, 1.165) is 5.52 Å². The van der Waals surface area contributed by atoms with Gasteiger partial charge in [-0.05, 0) is 42.5 Å². The minimum absolute atomic E-state index is 0.0902. The minimum atomic E-state index is -0.525. The van der Waals surface area contributed by atoms with Gasteiger partial charge in [-0.15, -0.1) is 0 Å². The van der Waals surface area contributed by atoms with Gasteiger partial charge in [0.15, 0.2) is 5.58 Å². The number of halogens is 1. The van der Waals surface area contributed by atoms with E-state index in [4.69, 9.17) is 16.0 Å². The largest absolute Gasteiger partial charge is 0.436 e. The van der Waals surface area contributed by atoms with Crippen LogP contribution in [0.1, 0.15) is 10.4 Å². The van der Waals surface area contributed by atoms with Gasteiger partial charge in [0.25, 0.3) is 11.6 Å². The Labute approximate surface area is 163 Å². The molecule has 4 rings (SSSR count). The van der Waals surface area contributed by atoms with Gasteiger partial charge < -0.3 is 9.73 Å². The molecule has 0 saturated carbocycles. The molecule has 3 aromatic carbocycles. The molecular formula is C20H12ClN3O4. The Balaban J connectivity index is 1.61. The molecule has 0 radical (unpaired) electrons. The van der Waals surface area contributed by atoms with Crippen LogP contribution in [0.2, 0.25) is 5.02 Å². The molecule has 138 valence electrons. The van der Waals surface area contributed by atoms with Crippen molar-refractivity contribution in [2.75, 3.05) is 5.32 Å². The van der Waals surface area contributed by atoms with Gasteiger partial charge in [0.05, 0.1) is 15.6 Å². The predicted octanol–water partition coefficient (Wildman–Crippen LogP) is 5.31. The highest BCUT2D eigenvalue weighted by atomic mass is 35.5. The molecule has 0 spiro atoms. The first-order valence-electron chi connectivity index (χ1n) is 8.22. The number of benzene rings is 3. The standard InChI is InChI=1S/C20H12ClN3O4/c21-15-10-7-13(20-23-16-3-1-2-4-18(16)28-20)11-17(15)22-19(25)12-5-8-14(9-6-12)24(26)27/h1-11H,(H,22,25). The number of amides is 1. The van der Waals surface area contributed by atoms with Gasteiger partial charge in [-0.3, -0.25) is 14.9 Å². The molecule has 4 aromatic rings. The maximum atomic E-state index is 12.5. The third kappa shape index (κ3) is 3.43. The maximum Gasteiger partial charge on any atom is 0.269 e. The summed E-state index contributed by atoms with van der Waals surface area (Å²) in [7, 11) is 0. The molecule has 0 aliphatic carbocycles. The highest BCUT2D eigenvalue weighted by Gasteiger charge is 2.14. The van der Waals surface area contributed by atoms with Gasteiger partial charge in [0.1, 0.15) is 5.52 Å². The number of aromatic nitrogens is 1. The van der Waals surface area contributed by atoms with Crippen molar-refractivity contribution in [3.8, 4) is 11.5 Å². The van der Waals surface area contributed by atoms with Crippen molar-refractivity contribution in [1.82, 2.24) is 4.98 Å². The predicted molar refractivity (Wildman–Crippen MR) is 106 cm³/mol. The normalized spacial score (nSPS) is 10.8. The van der Waals surface area contributed by atoms with E-state index in [1.54, 1.807) is 18.2 Å². The van der Waals surface area contributed by atoms with Gasteiger partial charge in [-0.25, -0.2) is 4.98 Å². The Morgan fingerprint density at radius 3 is 2.54 bits per heavy atom. The van der Waals surface area contributed by atoms with E-state index < -0.39 is 10.8 Å². The van der Waals surface area contributed by atoms with Crippen molar-refractivity contribution >= 4 is 40.0 Å². The highest BCUT2D eigenvalue weighted by Crippen LogP contribution is 2.30. The van der Waals surface area contributed by atoms with Gasteiger partial charge in [-0.2, -0.15) is 0 Å². The number of fused-ring (bicyclic) bond motifs is 1. The van der Waals surface area contributed by atoms with Crippen molar-refractivity contribution < 1.29 is 14.1 Å². The fourth-order valence-electron chi connectivity index (χ4n) is 2.68. The van der Waals surface area contributed by atoms with Crippen molar-refractivity contribution in [2.24, 2.45) is 0 Å². The number of anilines is 1. The van der Waals surface area contributed by atoms with Crippen molar-refractivity contribution in [3.63, 3.8) is 0 Å². The highest BCUT2D eigenvalue weighted by molar-refractivity contribution is 6.34. The van der Waals surface area contributed by atoms with Crippen LogP contribution < -0.4 is 5.32 Å². The summed E-state index contributed by atoms with van der Waals surface area (Å²) in [6, 6.07) is 17.7. The van der Waals surface area contributed by atoms with E-state index in [-0.39, 0.29) is 11.3 Å². The van der Waals surface area contributed by atoms with Crippen molar-refractivity contribution in [1.29, 1.82) is 0 Å². The van der Waals surface area contributed by atoms with Crippen LogP contribution in [-0.4, -0.2) is 15.8 Å². The molecule has 1 aromatic heterocycles. The van der Waals surface area contributed by atoms with Crippen LogP contribution in [0.4, 0.5) is 11.4 Å². The average Bonchev–Trinajstić information content (AvgIpc) is 3.14. The number of nitro benzene ring substituents is 1. The van der Waals surface area contributed by atoms with Crippen LogP contribution in [-0.2, 0) is 0 Å². The number of non-ortho nitro benzene ring substituents is 1. The second-order valence-electron chi connectivity index (χ2n) is 5.94. The zero-order valence-electron chi connectivity index (χ0n) is 14.3. The first-order chi connectivity index (χ1) is 13.5.